The monoisotopic (exact) mass is 677 g/mol. The summed E-state index contributed by atoms with van der Waals surface area (Å²) in [7, 11) is -1.45. The average molecular weight is 678 g/mol. The SMILES string of the molecule is CC[C@@H](C)NC(=O)[C@@H](Cc1ccccc1)N(Cc1ccccc1Cl)C(=O)CN(c1cc(OC)ccc1OC)S(=O)(=O)c1ccccc1. The summed E-state index contributed by atoms with van der Waals surface area (Å²) in [6.07, 6.45) is 0.869. The number of amides is 2. The van der Waals surface area contributed by atoms with Crippen molar-refractivity contribution in [2.75, 3.05) is 25.1 Å². The van der Waals surface area contributed by atoms with Gasteiger partial charge in [0.1, 0.15) is 24.1 Å². The predicted octanol–water partition coefficient (Wildman–Crippen LogP) is 6.11. The minimum absolute atomic E-state index is 0.0225. The molecule has 4 aromatic rings. The topological polar surface area (TPSA) is 105 Å². The van der Waals surface area contributed by atoms with E-state index < -0.39 is 28.5 Å². The number of benzene rings is 4. The molecule has 248 valence electrons. The molecule has 0 unspecified atom stereocenters. The van der Waals surface area contributed by atoms with Crippen LogP contribution in [0.15, 0.2) is 108 Å². The average Bonchev–Trinajstić information content (AvgIpc) is 3.09. The van der Waals surface area contributed by atoms with Gasteiger partial charge < -0.3 is 19.7 Å². The Morgan fingerprint density at radius 3 is 2.13 bits per heavy atom. The molecule has 47 heavy (non-hydrogen) atoms. The molecule has 0 saturated carbocycles. The molecular formula is C36H40ClN3O6S. The highest BCUT2D eigenvalue weighted by Gasteiger charge is 2.36. The van der Waals surface area contributed by atoms with Gasteiger partial charge in [-0.1, -0.05) is 85.3 Å². The van der Waals surface area contributed by atoms with Gasteiger partial charge in [-0.3, -0.25) is 13.9 Å². The normalized spacial score (nSPS) is 12.4. The van der Waals surface area contributed by atoms with Gasteiger partial charge in [0.05, 0.1) is 24.8 Å². The van der Waals surface area contributed by atoms with E-state index in [-0.39, 0.29) is 41.2 Å². The predicted molar refractivity (Wildman–Crippen MR) is 184 cm³/mol. The third kappa shape index (κ3) is 8.84. The molecule has 0 aliphatic heterocycles. The number of halogens is 1. The lowest BCUT2D eigenvalue weighted by atomic mass is 10.0. The molecule has 0 aliphatic carbocycles. The summed E-state index contributed by atoms with van der Waals surface area (Å²) in [5.74, 6) is -0.398. The minimum Gasteiger partial charge on any atom is -0.497 e. The highest BCUT2D eigenvalue weighted by Crippen LogP contribution is 2.36. The number of hydrogen-bond donors (Lipinski definition) is 1. The standard InChI is InChI=1S/C36H40ClN3O6S/c1-5-26(2)38-36(42)33(22-27-14-8-6-9-15-27)39(24-28-16-12-13-19-31(28)37)35(41)25-40(47(43,44)30-17-10-7-11-18-30)32-23-29(45-3)20-21-34(32)46-4/h6-21,23,26,33H,5,22,24-25H2,1-4H3,(H,38,42)/t26-,33-/m1/s1. The molecule has 0 spiro atoms. The Bertz CT molecular complexity index is 1760. The number of rotatable bonds is 15. The molecule has 0 bridgehead atoms. The maximum atomic E-state index is 14.7. The van der Waals surface area contributed by atoms with Gasteiger partial charge in [0.15, 0.2) is 0 Å². The summed E-state index contributed by atoms with van der Waals surface area (Å²) >= 11 is 6.58. The largest absolute Gasteiger partial charge is 0.497 e. The molecule has 0 fully saturated rings. The number of ether oxygens (including phenoxy) is 2. The lowest BCUT2D eigenvalue weighted by Crippen LogP contribution is -2.54. The van der Waals surface area contributed by atoms with E-state index in [0.717, 1.165) is 9.87 Å². The summed E-state index contributed by atoms with van der Waals surface area (Å²) in [6.45, 7) is 3.16. The number of hydrogen-bond acceptors (Lipinski definition) is 6. The number of methoxy groups -OCH3 is 2. The second kappa shape index (κ2) is 16.3. The van der Waals surface area contributed by atoms with Gasteiger partial charge in [0.2, 0.25) is 11.8 Å². The summed E-state index contributed by atoms with van der Waals surface area (Å²) in [5.41, 5.74) is 1.54. The van der Waals surface area contributed by atoms with Gasteiger partial charge in [-0.15, -0.1) is 0 Å². The Morgan fingerprint density at radius 1 is 0.872 bits per heavy atom. The molecule has 4 rings (SSSR count). The van der Waals surface area contributed by atoms with Crippen molar-refractivity contribution in [3.63, 3.8) is 0 Å². The van der Waals surface area contributed by atoms with Crippen molar-refractivity contribution in [2.45, 2.75) is 50.2 Å². The Kier molecular flexibility index (Phi) is 12.3. The summed E-state index contributed by atoms with van der Waals surface area (Å²) in [5, 5.41) is 3.44. The molecule has 9 nitrogen and oxygen atoms in total. The molecule has 0 saturated heterocycles. The third-order valence-electron chi connectivity index (χ3n) is 7.84. The van der Waals surface area contributed by atoms with E-state index in [9.17, 15) is 18.0 Å². The number of anilines is 1. The van der Waals surface area contributed by atoms with E-state index in [1.165, 1.54) is 37.3 Å². The molecule has 1 N–H and O–H groups in total. The van der Waals surface area contributed by atoms with Gasteiger partial charge in [-0.05, 0) is 54.8 Å². The maximum absolute atomic E-state index is 14.7. The van der Waals surface area contributed by atoms with Crippen LogP contribution in [0, 0.1) is 0 Å². The van der Waals surface area contributed by atoms with E-state index in [1.807, 2.05) is 44.2 Å². The first kappa shape index (κ1) is 35.3. The van der Waals surface area contributed by atoms with E-state index in [1.54, 1.807) is 54.6 Å². The van der Waals surface area contributed by atoms with Crippen molar-refractivity contribution in [3.8, 4) is 11.5 Å². The zero-order valence-corrected chi connectivity index (χ0v) is 28.5. The van der Waals surface area contributed by atoms with Crippen molar-refractivity contribution < 1.29 is 27.5 Å². The van der Waals surface area contributed by atoms with E-state index in [2.05, 4.69) is 5.32 Å². The first-order valence-electron chi connectivity index (χ1n) is 15.3. The van der Waals surface area contributed by atoms with Crippen LogP contribution in [0.5, 0.6) is 11.5 Å². The molecule has 11 heteroatoms. The van der Waals surface area contributed by atoms with Crippen LogP contribution in [0.2, 0.25) is 5.02 Å². The van der Waals surface area contributed by atoms with Gasteiger partial charge >= 0.3 is 0 Å². The van der Waals surface area contributed by atoms with Crippen molar-refractivity contribution in [1.82, 2.24) is 10.2 Å². The zero-order chi connectivity index (χ0) is 34.0. The number of carbonyl (C=O) groups is 2. The van der Waals surface area contributed by atoms with E-state index >= 15 is 0 Å². The maximum Gasteiger partial charge on any atom is 0.264 e. The fraction of sp³-hybridized carbons (Fsp3) is 0.278. The molecule has 2 amide bonds. The van der Waals surface area contributed by atoms with Crippen LogP contribution >= 0.6 is 11.6 Å². The van der Waals surface area contributed by atoms with Crippen LogP contribution in [0.4, 0.5) is 5.69 Å². The lowest BCUT2D eigenvalue weighted by Gasteiger charge is -2.34. The Balaban J connectivity index is 1.87. The first-order chi connectivity index (χ1) is 22.6. The summed E-state index contributed by atoms with van der Waals surface area (Å²) in [4.78, 5) is 30.1. The molecule has 2 atom stereocenters. The highest BCUT2D eigenvalue weighted by atomic mass is 35.5. The minimum atomic E-state index is -4.33. The fourth-order valence-electron chi connectivity index (χ4n) is 5.03. The van der Waals surface area contributed by atoms with Crippen LogP contribution in [0.1, 0.15) is 31.4 Å². The van der Waals surface area contributed by atoms with Crippen molar-refractivity contribution in [1.29, 1.82) is 0 Å². The van der Waals surface area contributed by atoms with Gasteiger partial charge in [-0.2, -0.15) is 0 Å². The number of sulfonamides is 1. The molecule has 0 radical (unpaired) electrons. The van der Waals surface area contributed by atoms with Gasteiger partial charge in [0.25, 0.3) is 10.0 Å². The smallest absolute Gasteiger partial charge is 0.264 e. The van der Waals surface area contributed by atoms with Crippen LogP contribution in [0.25, 0.3) is 0 Å². The lowest BCUT2D eigenvalue weighted by molar-refractivity contribution is -0.140. The molecular weight excluding hydrogens is 638 g/mol. The highest BCUT2D eigenvalue weighted by molar-refractivity contribution is 7.92. The fourth-order valence-corrected chi connectivity index (χ4v) is 6.66. The summed E-state index contributed by atoms with van der Waals surface area (Å²) < 4.78 is 40.6. The zero-order valence-electron chi connectivity index (χ0n) is 26.9. The second-order valence-electron chi connectivity index (χ2n) is 11.0. The third-order valence-corrected chi connectivity index (χ3v) is 9.98. The Morgan fingerprint density at radius 2 is 1.51 bits per heavy atom. The Labute approximate surface area is 282 Å². The first-order valence-corrected chi connectivity index (χ1v) is 17.1. The van der Waals surface area contributed by atoms with Crippen molar-refractivity contribution >= 4 is 39.1 Å². The Hall–Kier alpha value is -4.54. The van der Waals surface area contributed by atoms with E-state index in [0.29, 0.717) is 22.8 Å². The van der Waals surface area contributed by atoms with Crippen molar-refractivity contribution in [2.24, 2.45) is 0 Å². The van der Waals surface area contributed by atoms with Crippen LogP contribution in [0.3, 0.4) is 0 Å². The second-order valence-corrected chi connectivity index (χ2v) is 13.3. The van der Waals surface area contributed by atoms with Crippen LogP contribution in [-0.4, -0.2) is 58.0 Å². The quantitative estimate of drug-likeness (QED) is 0.163. The molecule has 0 aromatic heterocycles. The number of nitrogens with one attached hydrogen (secondary N) is 1. The number of nitrogens with zero attached hydrogens (tertiary/aromatic N) is 2. The molecule has 0 heterocycles. The van der Waals surface area contributed by atoms with Crippen LogP contribution < -0.4 is 19.1 Å². The molecule has 0 aliphatic rings. The van der Waals surface area contributed by atoms with Gasteiger partial charge in [-0.25, -0.2) is 8.42 Å². The number of carbonyl (C=O) groups excluding carboxylic acids is 2. The van der Waals surface area contributed by atoms with Crippen molar-refractivity contribution in [3.05, 3.63) is 119 Å². The summed E-state index contributed by atoms with van der Waals surface area (Å²) in [6, 6.07) is 27.8. The molecule has 4 aromatic carbocycles. The van der Waals surface area contributed by atoms with Crippen LogP contribution in [-0.2, 0) is 32.6 Å². The van der Waals surface area contributed by atoms with Gasteiger partial charge in [0, 0.05) is 30.1 Å². The van der Waals surface area contributed by atoms with E-state index in [4.69, 9.17) is 21.1 Å².